The first-order valence-electron chi connectivity index (χ1n) is 6.60. The fourth-order valence-corrected chi connectivity index (χ4v) is 2.24. The van der Waals surface area contributed by atoms with Crippen LogP contribution in [0.2, 0.25) is 0 Å². The summed E-state index contributed by atoms with van der Waals surface area (Å²) >= 11 is 0. The lowest BCUT2D eigenvalue weighted by atomic mass is 10.1. The van der Waals surface area contributed by atoms with Crippen molar-refractivity contribution in [3.05, 3.63) is 0 Å². The molecule has 0 aliphatic heterocycles. The standard InChI is InChI=1S/C13H27NO2/c1-4-5-13(15)10-14(8-9-16-3)11(2)12-6-7-12/h11-13,15H,4-10H2,1-3H3. The number of hydrogen-bond acceptors (Lipinski definition) is 3. The van der Waals surface area contributed by atoms with Gasteiger partial charge < -0.3 is 9.84 Å². The van der Waals surface area contributed by atoms with E-state index in [9.17, 15) is 5.11 Å². The maximum atomic E-state index is 9.89. The predicted molar refractivity (Wildman–Crippen MR) is 66.5 cm³/mol. The number of rotatable bonds is 9. The fourth-order valence-electron chi connectivity index (χ4n) is 2.24. The van der Waals surface area contributed by atoms with Crippen LogP contribution in [0, 0.1) is 5.92 Å². The largest absolute Gasteiger partial charge is 0.392 e. The Kier molecular flexibility index (Phi) is 6.32. The van der Waals surface area contributed by atoms with E-state index in [0.717, 1.165) is 38.5 Å². The van der Waals surface area contributed by atoms with Crippen LogP contribution in [0.4, 0.5) is 0 Å². The van der Waals surface area contributed by atoms with Gasteiger partial charge in [-0.15, -0.1) is 0 Å². The van der Waals surface area contributed by atoms with E-state index in [0.29, 0.717) is 6.04 Å². The smallest absolute Gasteiger partial charge is 0.0667 e. The molecule has 0 radical (unpaired) electrons. The molecule has 1 N–H and O–H groups in total. The Morgan fingerprint density at radius 1 is 1.44 bits per heavy atom. The highest BCUT2D eigenvalue weighted by molar-refractivity contribution is 4.86. The molecule has 0 aromatic carbocycles. The molecule has 0 aromatic heterocycles. The van der Waals surface area contributed by atoms with Crippen molar-refractivity contribution in [2.75, 3.05) is 26.8 Å². The van der Waals surface area contributed by atoms with Gasteiger partial charge in [-0.3, -0.25) is 4.90 Å². The number of hydrogen-bond donors (Lipinski definition) is 1. The summed E-state index contributed by atoms with van der Waals surface area (Å²) in [6.45, 7) is 6.90. The second kappa shape index (κ2) is 7.25. The highest BCUT2D eigenvalue weighted by atomic mass is 16.5. The molecule has 0 bridgehead atoms. The molecular formula is C13H27NO2. The first kappa shape index (κ1) is 13.9. The van der Waals surface area contributed by atoms with Gasteiger partial charge in [0.15, 0.2) is 0 Å². The van der Waals surface area contributed by atoms with E-state index in [1.807, 2.05) is 0 Å². The van der Waals surface area contributed by atoms with Crippen LogP contribution in [0.5, 0.6) is 0 Å². The maximum absolute atomic E-state index is 9.89. The Hall–Kier alpha value is -0.120. The molecule has 1 fully saturated rings. The van der Waals surface area contributed by atoms with Crippen LogP contribution in [0.25, 0.3) is 0 Å². The number of aliphatic hydroxyl groups excluding tert-OH is 1. The third-order valence-electron chi connectivity index (χ3n) is 3.53. The molecule has 0 saturated heterocycles. The Labute approximate surface area is 99.8 Å². The first-order valence-corrected chi connectivity index (χ1v) is 6.60. The molecule has 16 heavy (non-hydrogen) atoms. The molecule has 3 nitrogen and oxygen atoms in total. The number of ether oxygens (including phenoxy) is 1. The van der Waals surface area contributed by atoms with Gasteiger partial charge >= 0.3 is 0 Å². The van der Waals surface area contributed by atoms with Crippen molar-refractivity contribution in [2.45, 2.75) is 51.7 Å². The van der Waals surface area contributed by atoms with Gasteiger partial charge in [-0.05, 0) is 32.1 Å². The number of aliphatic hydroxyl groups is 1. The van der Waals surface area contributed by atoms with E-state index in [4.69, 9.17) is 4.74 Å². The molecule has 1 rings (SSSR count). The minimum atomic E-state index is -0.178. The molecule has 1 aliphatic carbocycles. The topological polar surface area (TPSA) is 32.7 Å². The minimum Gasteiger partial charge on any atom is -0.392 e. The summed E-state index contributed by atoms with van der Waals surface area (Å²) in [4.78, 5) is 2.39. The van der Waals surface area contributed by atoms with Crippen molar-refractivity contribution in [1.82, 2.24) is 4.90 Å². The average Bonchev–Trinajstić information content (AvgIpc) is 3.07. The van der Waals surface area contributed by atoms with E-state index in [-0.39, 0.29) is 6.10 Å². The third kappa shape index (κ3) is 4.81. The van der Waals surface area contributed by atoms with Crippen LogP contribution in [0.1, 0.15) is 39.5 Å². The normalized spacial score (nSPS) is 20.1. The molecule has 3 heteroatoms. The Morgan fingerprint density at radius 2 is 2.12 bits per heavy atom. The van der Waals surface area contributed by atoms with Gasteiger partial charge in [0.2, 0.25) is 0 Å². The predicted octanol–water partition coefficient (Wildman–Crippen LogP) is 1.89. The minimum absolute atomic E-state index is 0.178. The second-order valence-electron chi connectivity index (χ2n) is 5.01. The molecule has 0 spiro atoms. The van der Waals surface area contributed by atoms with E-state index >= 15 is 0 Å². The molecule has 0 heterocycles. The van der Waals surface area contributed by atoms with Crippen molar-refractivity contribution in [2.24, 2.45) is 5.92 Å². The van der Waals surface area contributed by atoms with Crippen molar-refractivity contribution in [3.8, 4) is 0 Å². The average molecular weight is 229 g/mol. The number of nitrogens with zero attached hydrogens (tertiary/aromatic N) is 1. The zero-order chi connectivity index (χ0) is 12.0. The van der Waals surface area contributed by atoms with Gasteiger partial charge in [0.25, 0.3) is 0 Å². The van der Waals surface area contributed by atoms with Crippen LogP contribution in [0.3, 0.4) is 0 Å². The highest BCUT2D eigenvalue weighted by Gasteiger charge is 2.32. The summed E-state index contributed by atoms with van der Waals surface area (Å²) < 4.78 is 5.14. The summed E-state index contributed by atoms with van der Waals surface area (Å²) in [5, 5.41) is 9.89. The van der Waals surface area contributed by atoms with Crippen LogP contribution in [-0.2, 0) is 4.74 Å². The molecule has 1 aliphatic rings. The lowest BCUT2D eigenvalue weighted by Crippen LogP contribution is -2.42. The van der Waals surface area contributed by atoms with E-state index in [1.165, 1.54) is 12.8 Å². The van der Waals surface area contributed by atoms with E-state index < -0.39 is 0 Å². The number of methoxy groups -OCH3 is 1. The highest BCUT2D eigenvalue weighted by Crippen LogP contribution is 2.35. The monoisotopic (exact) mass is 229 g/mol. The lowest BCUT2D eigenvalue weighted by Gasteiger charge is -2.30. The van der Waals surface area contributed by atoms with Gasteiger partial charge in [0.05, 0.1) is 12.7 Å². The quantitative estimate of drug-likeness (QED) is 0.655. The van der Waals surface area contributed by atoms with Crippen molar-refractivity contribution in [3.63, 3.8) is 0 Å². The molecule has 96 valence electrons. The van der Waals surface area contributed by atoms with Crippen LogP contribution >= 0.6 is 0 Å². The maximum Gasteiger partial charge on any atom is 0.0667 e. The molecule has 2 atom stereocenters. The lowest BCUT2D eigenvalue weighted by molar-refractivity contribution is 0.0583. The summed E-state index contributed by atoms with van der Waals surface area (Å²) in [6, 6.07) is 0.599. The van der Waals surface area contributed by atoms with Crippen molar-refractivity contribution in [1.29, 1.82) is 0 Å². The zero-order valence-corrected chi connectivity index (χ0v) is 11.0. The summed E-state index contributed by atoms with van der Waals surface area (Å²) in [5.41, 5.74) is 0. The van der Waals surface area contributed by atoms with Crippen molar-refractivity contribution < 1.29 is 9.84 Å². The fraction of sp³-hybridized carbons (Fsp3) is 1.00. The molecule has 0 amide bonds. The Balaban J connectivity index is 2.35. The second-order valence-corrected chi connectivity index (χ2v) is 5.01. The SMILES string of the molecule is CCCC(O)CN(CCOC)C(C)C1CC1. The van der Waals surface area contributed by atoms with Crippen LogP contribution < -0.4 is 0 Å². The van der Waals surface area contributed by atoms with Crippen LogP contribution in [-0.4, -0.2) is 49.0 Å². The van der Waals surface area contributed by atoms with E-state index in [2.05, 4.69) is 18.7 Å². The third-order valence-corrected chi connectivity index (χ3v) is 3.53. The summed E-state index contributed by atoms with van der Waals surface area (Å²) in [6.07, 6.45) is 4.49. The molecular weight excluding hydrogens is 202 g/mol. The summed E-state index contributed by atoms with van der Waals surface area (Å²) in [5.74, 6) is 0.852. The molecule has 1 saturated carbocycles. The molecule has 2 unspecified atom stereocenters. The first-order chi connectivity index (χ1) is 7.69. The van der Waals surface area contributed by atoms with Gasteiger partial charge in [-0.25, -0.2) is 0 Å². The van der Waals surface area contributed by atoms with E-state index in [1.54, 1.807) is 7.11 Å². The molecule has 0 aromatic rings. The van der Waals surface area contributed by atoms with Crippen LogP contribution in [0.15, 0.2) is 0 Å². The van der Waals surface area contributed by atoms with Gasteiger partial charge in [-0.2, -0.15) is 0 Å². The van der Waals surface area contributed by atoms with Gasteiger partial charge in [0, 0.05) is 26.2 Å². The summed E-state index contributed by atoms with van der Waals surface area (Å²) in [7, 11) is 1.74. The van der Waals surface area contributed by atoms with Gasteiger partial charge in [0.1, 0.15) is 0 Å². The van der Waals surface area contributed by atoms with Gasteiger partial charge in [-0.1, -0.05) is 13.3 Å². The zero-order valence-electron chi connectivity index (χ0n) is 11.0. The Bertz CT molecular complexity index is 183. The van der Waals surface area contributed by atoms with Crippen molar-refractivity contribution >= 4 is 0 Å². The Morgan fingerprint density at radius 3 is 2.62 bits per heavy atom.